The molecule has 2 N–H and O–H groups in total. The second-order valence-corrected chi connectivity index (χ2v) is 8.77. The van der Waals surface area contributed by atoms with Crippen LogP contribution in [0.1, 0.15) is 29.8 Å². The highest BCUT2D eigenvalue weighted by Gasteiger charge is 2.18. The van der Waals surface area contributed by atoms with Gasteiger partial charge in [0.15, 0.2) is 0 Å². The molecule has 1 aliphatic heterocycles. The largest absolute Gasteiger partial charge is 0.376 e. The summed E-state index contributed by atoms with van der Waals surface area (Å²) in [5.74, 6) is -0.547. The van der Waals surface area contributed by atoms with Gasteiger partial charge in [0.25, 0.3) is 5.91 Å². The van der Waals surface area contributed by atoms with Crippen LogP contribution < -0.4 is 10.1 Å². The van der Waals surface area contributed by atoms with Gasteiger partial charge in [-0.25, -0.2) is 18.6 Å². The fourth-order valence-corrected chi connectivity index (χ4v) is 4.29. The van der Waals surface area contributed by atoms with Crippen LogP contribution in [-0.4, -0.2) is 44.4 Å². The van der Waals surface area contributed by atoms with Crippen molar-refractivity contribution >= 4 is 22.1 Å². The number of nitrogens with one attached hydrogen (secondary N) is 2. The number of carbonyl (C=O) groups is 1. The summed E-state index contributed by atoms with van der Waals surface area (Å²) in [4.78, 5) is 12.0. The molecule has 29 heavy (non-hydrogen) atoms. The zero-order chi connectivity index (χ0) is 20.9. The first-order chi connectivity index (χ1) is 13.9. The third kappa shape index (κ3) is 5.53. The summed E-state index contributed by atoms with van der Waals surface area (Å²) in [6, 6.07) is 9.88. The van der Waals surface area contributed by atoms with Gasteiger partial charge >= 0.3 is 0 Å². The van der Waals surface area contributed by atoms with Crippen LogP contribution in [0.2, 0.25) is 0 Å². The summed E-state index contributed by atoms with van der Waals surface area (Å²) in [6.45, 7) is 5.25. The molecule has 1 amide bonds. The third-order valence-electron chi connectivity index (χ3n) is 4.89. The molecule has 1 saturated heterocycles. The molecule has 1 aromatic carbocycles. The molecule has 2 heterocycles. The quantitative estimate of drug-likeness (QED) is 0.503. The van der Waals surface area contributed by atoms with Crippen LogP contribution in [0, 0.1) is 13.8 Å². The highest BCUT2D eigenvalue weighted by atomic mass is 32.2. The fraction of sp³-hybridized carbons (Fsp3) is 0.400. The van der Waals surface area contributed by atoms with Crippen molar-refractivity contribution in [2.75, 3.05) is 13.2 Å². The summed E-state index contributed by atoms with van der Waals surface area (Å²) in [7, 11) is -3.73. The van der Waals surface area contributed by atoms with E-state index in [9.17, 15) is 13.2 Å². The van der Waals surface area contributed by atoms with Crippen molar-refractivity contribution in [3.8, 4) is 0 Å². The molecule has 1 aromatic heterocycles. The normalized spacial score (nSPS) is 17.1. The average molecular weight is 419 g/mol. The summed E-state index contributed by atoms with van der Waals surface area (Å²) in [6.07, 6.45) is 3.97. The van der Waals surface area contributed by atoms with E-state index in [0.29, 0.717) is 0 Å². The Hall–Kier alpha value is -2.49. The second-order valence-electron chi connectivity index (χ2n) is 7.00. The van der Waals surface area contributed by atoms with Crippen LogP contribution in [0.25, 0.3) is 0 Å². The minimum absolute atomic E-state index is 0.106. The molecular formula is C20H26N4O4S. The van der Waals surface area contributed by atoms with E-state index in [0.717, 1.165) is 42.9 Å². The molecule has 1 atom stereocenters. The Bertz CT molecular complexity index is 977. The Kier molecular flexibility index (Phi) is 6.83. The molecule has 8 nitrogen and oxygen atoms in total. The minimum atomic E-state index is -3.73. The summed E-state index contributed by atoms with van der Waals surface area (Å²) in [5, 5.41) is 3.96. The van der Waals surface area contributed by atoms with Crippen LogP contribution in [0.5, 0.6) is 0 Å². The maximum Gasteiger partial charge on any atom is 0.255 e. The van der Waals surface area contributed by atoms with E-state index in [1.807, 2.05) is 19.9 Å². The smallest absolute Gasteiger partial charge is 0.255 e. The van der Waals surface area contributed by atoms with E-state index in [2.05, 4.69) is 19.8 Å². The number of rotatable bonds is 8. The Labute approximate surface area is 171 Å². The maximum atomic E-state index is 12.1. The Morgan fingerprint density at radius 3 is 2.76 bits per heavy atom. The van der Waals surface area contributed by atoms with Gasteiger partial charge in [0.2, 0.25) is 10.0 Å². The topological polar surface area (TPSA) is 102 Å². The van der Waals surface area contributed by atoms with Crippen molar-refractivity contribution in [1.29, 1.82) is 0 Å². The lowest BCUT2D eigenvalue weighted by Crippen LogP contribution is -2.34. The van der Waals surface area contributed by atoms with E-state index in [1.165, 1.54) is 12.1 Å². The number of nitrogens with zero attached hydrogens (tertiary/aromatic N) is 2. The van der Waals surface area contributed by atoms with Crippen molar-refractivity contribution in [2.45, 2.75) is 44.2 Å². The Morgan fingerprint density at radius 2 is 2.07 bits per heavy atom. The lowest BCUT2D eigenvalue weighted by atomic mass is 10.2. The van der Waals surface area contributed by atoms with Gasteiger partial charge in [0.1, 0.15) is 0 Å². The number of ether oxygens (including phenoxy) is 1. The number of sulfonamides is 1. The van der Waals surface area contributed by atoms with Crippen LogP contribution in [-0.2, 0) is 26.1 Å². The molecule has 0 bridgehead atoms. The highest BCUT2D eigenvalue weighted by Crippen LogP contribution is 2.19. The molecule has 0 aliphatic carbocycles. The van der Waals surface area contributed by atoms with Crippen LogP contribution in [0.4, 0.5) is 0 Å². The molecule has 156 valence electrons. The number of amides is 1. The molecule has 2 aromatic rings. The average Bonchev–Trinajstić information content (AvgIpc) is 3.31. The van der Waals surface area contributed by atoms with Gasteiger partial charge in [0.05, 0.1) is 23.8 Å². The van der Waals surface area contributed by atoms with Gasteiger partial charge in [-0.05, 0) is 44.9 Å². The molecule has 1 aliphatic rings. The number of benzene rings is 1. The number of hydrazone groups is 1. The predicted octanol–water partition coefficient (Wildman–Crippen LogP) is 1.71. The van der Waals surface area contributed by atoms with E-state index >= 15 is 0 Å². The zero-order valence-corrected chi connectivity index (χ0v) is 17.4. The highest BCUT2D eigenvalue weighted by molar-refractivity contribution is 7.89. The predicted molar refractivity (Wildman–Crippen MR) is 110 cm³/mol. The van der Waals surface area contributed by atoms with Gasteiger partial charge < -0.3 is 9.30 Å². The van der Waals surface area contributed by atoms with Gasteiger partial charge in [-0.2, -0.15) is 5.10 Å². The van der Waals surface area contributed by atoms with Crippen LogP contribution in [0.3, 0.4) is 0 Å². The molecule has 3 rings (SSSR count). The van der Waals surface area contributed by atoms with E-state index in [4.69, 9.17) is 4.74 Å². The first kappa shape index (κ1) is 21.2. The summed E-state index contributed by atoms with van der Waals surface area (Å²) >= 11 is 0. The molecule has 9 heteroatoms. The van der Waals surface area contributed by atoms with Gasteiger partial charge in [-0.15, -0.1) is 0 Å². The monoisotopic (exact) mass is 418 g/mol. The Morgan fingerprint density at radius 1 is 1.31 bits per heavy atom. The zero-order valence-electron chi connectivity index (χ0n) is 16.6. The van der Waals surface area contributed by atoms with Crippen molar-refractivity contribution in [3.63, 3.8) is 0 Å². The number of hydrogen-bond acceptors (Lipinski definition) is 5. The second kappa shape index (κ2) is 9.34. The van der Waals surface area contributed by atoms with Crippen molar-refractivity contribution in [1.82, 2.24) is 14.7 Å². The molecule has 0 unspecified atom stereocenters. The standard InChI is InChI=1S/C20H26N4O4S/c1-15-11-17(16(2)24(15)14-18-7-6-10-28-18)12-21-23-20(25)13-22-29(26,27)19-8-4-3-5-9-19/h3-5,8-9,11-12,18,22H,6-7,10,13-14H2,1-2H3,(H,23,25)/b21-12-/t18-/m1/s1. The van der Waals surface area contributed by atoms with Crippen LogP contribution in [0.15, 0.2) is 46.4 Å². The van der Waals surface area contributed by atoms with E-state index in [1.54, 1.807) is 24.4 Å². The third-order valence-corrected chi connectivity index (χ3v) is 6.31. The van der Waals surface area contributed by atoms with E-state index in [-0.39, 0.29) is 11.0 Å². The first-order valence-electron chi connectivity index (χ1n) is 9.52. The summed E-state index contributed by atoms with van der Waals surface area (Å²) < 4.78 is 34.4. The van der Waals surface area contributed by atoms with Gasteiger partial charge in [-0.1, -0.05) is 18.2 Å². The SMILES string of the molecule is Cc1cc(/C=N\NC(=O)CNS(=O)(=O)c2ccccc2)c(C)n1C[C@H]1CCCO1. The number of aromatic nitrogens is 1. The molecule has 0 saturated carbocycles. The Balaban J connectivity index is 1.53. The van der Waals surface area contributed by atoms with Gasteiger partial charge in [0, 0.05) is 30.1 Å². The van der Waals surface area contributed by atoms with Crippen molar-refractivity contribution in [2.24, 2.45) is 5.10 Å². The molecule has 0 radical (unpaired) electrons. The minimum Gasteiger partial charge on any atom is -0.376 e. The molecule has 0 spiro atoms. The summed E-state index contributed by atoms with van der Waals surface area (Å²) in [5.41, 5.74) is 5.39. The van der Waals surface area contributed by atoms with Crippen molar-refractivity contribution < 1.29 is 17.9 Å². The molecular weight excluding hydrogens is 392 g/mol. The number of hydrogen-bond donors (Lipinski definition) is 2. The molecule has 1 fully saturated rings. The van der Waals surface area contributed by atoms with Gasteiger partial charge in [-0.3, -0.25) is 4.79 Å². The van der Waals surface area contributed by atoms with Crippen molar-refractivity contribution in [3.05, 3.63) is 53.3 Å². The number of aryl methyl sites for hydroxylation is 1. The lowest BCUT2D eigenvalue weighted by Gasteiger charge is -2.14. The van der Waals surface area contributed by atoms with Crippen LogP contribution >= 0.6 is 0 Å². The fourth-order valence-electron chi connectivity index (χ4n) is 3.29. The number of carbonyl (C=O) groups excluding carboxylic acids is 1. The van der Waals surface area contributed by atoms with E-state index < -0.39 is 22.5 Å². The maximum absolute atomic E-state index is 12.1. The first-order valence-corrected chi connectivity index (χ1v) is 11.0. The lowest BCUT2D eigenvalue weighted by molar-refractivity contribution is -0.119.